The van der Waals surface area contributed by atoms with E-state index >= 15 is 0 Å². The SMILES string of the molecule is O=S(=O)(NCCn1ccnc1)c1cc(CNC2CC2)cs1. The molecule has 1 saturated carbocycles. The van der Waals surface area contributed by atoms with Gasteiger partial charge in [0.15, 0.2) is 0 Å². The molecule has 0 aliphatic heterocycles. The number of imidazole rings is 1. The summed E-state index contributed by atoms with van der Waals surface area (Å²) < 4.78 is 29.2. The highest BCUT2D eigenvalue weighted by atomic mass is 32.2. The molecule has 3 rings (SSSR count). The minimum Gasteiger partial charge on any atom is -0.336 e. The van der Waals surface area contributed by atoms with Crippen LogP contribution in [-0.2, 0) is 23.1 Å². The summed E-state index contributed by atoms with van der Waals surface area (Å²) in [5.41, 5.74) is 1.03. The number of aromatic nitrogens is 2. The van der Waals surface area contributed by atoms with Crippen LogP contribution in [0.5, 0.6) is 0 Å². The number of nitrogens with one attached hydrogen (secondary N) is 2. The average Bonchev–Trinajstić information content (AvgIpc) is 2.93. The van der Waals surface area contributed by atoms with Gasteiger partial charge in [0.25, 0.3) is 0 Å². The minimum absolute atomic E-state index is 0.353. The Morgan fingerprint density at radius 1 is 1.43 bits per heavy atom. The van der Waals surface area contributed by atoms with Gasteiger partial charge in [-0.25, -0.2) is 18.1 Å². The maximum absolute atomic E-state index is 12.2. The molecule has 0 amide bonds. The van der Waals surface area contributed by atoms with E-state index in [4.69, 9.17) is 0 Å². The predicted octanol–water partition coefficient (Wildman–Crippen LogP) is 1.18. The lowest BCUT2D eigenvalue weighted by molar-refractivity contribution is 0.574. The van der Waals surface area contributed by atoms with Crippen LogP contribution in [-0.4, -0.2) is 30.6 Å². The van der Waals surface area contributed by atoms with E-state index in [9.17, 15) is 8.42 Å². The second-order valence-corrected chi connectivity index (χ2v) is 8.03. The lowest BCUT2D eigenvalue weighted by Gasteiger charge is -2.05. The van der Waals surface area contributed by atoms with Crippen molar-refractivity contribution < 1.29 is 8.42 Å². The third-order valence-electron chi connectivity index (χ3n) is 3.29. The Labute approximate surface area is 128 Å². The van der Waals surface area contributed by atoms with E-state index in [1.54, 1.807) is 24.8 Å². The molecule has 0 bridgehead atoms. The normalized spacial score (nSPS) is 15.4. The van der Waals surface area contributed by atoms with Gasteiger partial charge in [-0.3, -0.25) is 0 Å². The summed E-state index contributed by atoms with van der Waals surface area (Å²) in [6.07, 6.45) is 7.60. The summed E-state index contributed by atoms with van der Waals surface area (Å²) in [5, 5.41) is 5.28. The highest BCUT2D eigenvalue weighted by Crippen LogP contribution is 2.22. The second-order valence-electron chi connectivity index (χ2n) is 5.13. The summed E-state index contributed by atoms with van der Waals surface area (Å²) in [6.45, 7) is 1.67. The predicted molar refractivity (Wildman–Crippen MR) is 81.6 cm³/mol. The average molecular weight is 326 g/mol. The van der Waals surface area contributed by atoms with Crippen LogP contribution in [0.2, 0.25) is 0 Å². The molecule has 6 nitrogen and oxygen atoms in total. The first-order valence-corrected chi connectivity index (χ1v) is 9.26. The molecule has 0 spiro atoms. The van der Waals surface area contributed by atoms with Gasteiger partial charge in [0.1, 0.15) is 4.21 Å². The van der Waals surface area contributed by atoms with Crippen molar-refractivity contribution in [1.82, 2.24) is 19.6 Å². The van der Waals surface area contributed by atoms with Gasteiger partial charge in [-0.15, -0.1) is 11.3 Å². The molecule has 8 heteroatoms. The van der Waals surface area contributed by atoms with Gasteiger partial charge in [0.05, 0.1) is 6.33 Å². The molecule has 2 N–H and O–H groups in total. The summed E-state index contributed by atoms with van der Waals surface area (Å²) >= 11 is 1.27. The molecule has 1 aliphatic rings. The topological polar surface area (TPSA) is 76.0 Å². The van der Waals surface area contributed by atoms with Gasteiger partial charge in [-0.2, -0.15) is 0 Å². The number of nitrogens with zero attached hydrogens (tertiary/aromatic N) is 2. The monoisotopic (exact) mass is 326 g/mol. The molecule has 1 fully saturated rings. The number of sulfonamides is 1. The van der Waals surface area contributed by atoms with Crippen LogP contribution < -0.4 is 10.0 Å². The van der Waals surface area contributed by atoms with Crippen LogP contribution in [0.1, 0.15) is 18.4 Å². The number of rotatable bonds is 8. The zero-order valence-corrected chi connectivity index (χ0v) is 13.2. The summed E-state index contributed by atoms with van der Waals surface area (Å²) in [5.74, 6) is 0. The molecule has 0 saturated heterocycles. The van der Waals surface area contributed by atoms with Crippen molar-refractivity contribution in [3.05, 3.63) is 35.7 Å². The van der Waals surface area contributed by atoms with E-state index in [2.05, 4.69) is 15.0 Å². The van der Waals surface area contributed by atoms with Gasteiger partial charge < -0.3 is 9.88 Å². The fourth-order valence-electron chi connectivity index (χ4n) is 1.94. The number of hydrogen-bond acceptors (Lipinski definition) is 5. The molecule has 2 aromatic rings. The smallest absolute Gasteiger partial charge is 0.250 e. The Morgan fingerprint density at radius 2 is 2.29 bits per heavy atom. The Balaban J connectivity index is 1.53. The number of hydrogen-bond donors (Lipinski definition) is 2. The molecular formula is C13H18N4O2S2. The fraction of sp³-hybridized carbons (Fsp3) is 0.462. The van der Waals surface area contributed by atoms with Crippen LogP contribution in [0.15, 0.2) is 34.4 Å². The van der Waals surface area contributed by atoms with Crippen molar-refractivity contribution in [3.63, 3.8) is 0 Å². The van der Waals surface area contributed by atoms with Crippen LogP contribution in [0.3, 0.4) is 0 Å². The zero-order valence-electron chi connectivity index (χ0n) is 11.5. The Bertz CT molecular complexity index is 675. The maximum Gasteiger partial charge on any atom is 0.250 e. The highest BCUT2D eigenvalue weighted by molar-refractivity contribution is 7.91. The van der Waals surface area contributed by atoms with Gasteiger partial charge in [0.2, 0.25) is 10.0 Å². The molecule has 114 valence electrons. The van der Waals surface area contributed by atoms with Crippen LogP contribution >= 0.6 is 11.3 Å². The zero-order chi connectivity index (χ0) is 14.7. The van der Waals surface area contributed by atoms with E-state index in [1.165, 1.54) is 24.2 Å². The first-order valence-electron chi connectivity index (χ1n) is 6.90. The first-order chi connectivity index (χ1) is 10.1. The maximum atomic E-state index is 12.2. The van der Waals surface area contributed by atoms with Crippen molar-refractivity contribution in [2.45, 2.75) is 36.2 Å². The van der Waals surface area contributed by atoms with E-state index in [0.29, 0.717) is 23.3 Å². The van der Waals surface area contributed by atoms with Crippen LogP contribution in [0.25, 0.3) is 0 Å². The summed E-state index contributed by atoms with van der Waals surface area (Å²) in [4.78, 5) is 3.92. The van der Waals surface area contributed by atoms with Gasteiger partial charge in [-0.1, -0.05) is 0 Å². The Kier molecular flexibility index (Phi) is 4.39. The summed E-state index contributed by atoms with van der Waals surface area (Å²) in [6, 6.07) is 2.37. The van der Waals surface area contributed by atoms with E-state index in [0.717, 1.165) is 12.1 Å². The minimum atomic E-state index is -3.41. The van der Waals surface area contributed by atoms with E-state index < -0.39 is 10.0 Å². The molecule has 0 radical (unpaired) electrons. The summed E-state index contributed by atoms with van der Waals surface area (Å²) in [7, 11) is -3.41. The lowest BCUT2D eigenvalue weighted by Crippen LogP contribution is -2.26. The quantitative estimate of drug-likeness (QED) is 0.764. The molecular weight excluding hydrogens is 308 g/mol. The molecule has 0 aromatic carbocycles. The van der Waals surface area contributed by atoms with Crippen LogP contribution in [0, 0.1) is 0 Å². The highest BCUT2D eigenvalue weighted by Gasteiger charge is 2.21. The van der Waals surface area contributed by atoms with Gasteiger partial charge >= 0.3 is 0 Å². The fourth-order valence-corrected chi connectivity index (χ4v) is 4.21. The van der Waals surface area contributed by atoms with Crippen molar-refractivity contribution >= 4 is 21.4 Å². The first kappa shape index (κ1) is 14.7. The largest absolute Gasteiger partial charge is 0.336 e. The van der Waals surface area contributed by atoms with Crippen molar-refractivity contribution in [3.8, 4) is 0 Å². The second kappa shape index (κ2) is 6.27. The van der Waals surface area contributed by atoms with Crippen molar-refractivity contribution in [1.29, 1.82) is 0 Å². The molecule has 2 heterocycles. The molecule has 1 aliphatic carbocycles. The number of thiophene rings is 1. The van der Waals surface area contributed by atoms with Crippen LogP contribution in [0.4, 0.5) is 0 Å². The molecule has 0 atom stereocenters. The van der Waals surface area contributed by atoms with Crippen molar-refractivity contribution in [2.24, 2.45) is 0 Å². The van der Waals surface area contributed by atoms with E-state index in [-0.39, 0.29) is 0 Å². The Hall–Kier alpha value is -1.22. The third kappa shape index (κ3) is 4.13. The molecule has 0 unspecified atom stereocenters. The Morgan fingerprint density at radius 3 is 3.00 bits per heavy atom. The van der Waals surface area contributed by atoms with Crippen molar-refractivity contribution in [2.75, 3.05) is 6.54 Å². The molecule has 2 aromatic heterocycles. The lowest BCUT2D eigenvalue weighted by atomic mass is 10.3. The standard InChI is InChI=1S/C13H18N4O2S2/c18-21(19,16-4-6-17-5-3-14-10-17)13-7-11(9-20-13)8-15-12-1-2-12/h3,5,7,9-10,12,15-16H,1-2,4,6,8H2. The van der Waals surface area contributed by atoms with E-state index in [1.807, 2.05) is 9.95 Å². The third-order valence-corrected chi connectivity index (χ3v) is 6.24. The van der Waals surface area contributed by atoms with Gasteiger partial charge in [-0.05, 0) is 29.9 Å². The molecule has 21 heavy (non-hydrogen) atoms. The van der Waals surface area contributed by atoms with Gasteiger partial charge in [0, 0.05) is 38.1 Å².